The largest absolute Gasteiger partial charge is 0.493 e. The number of nitrogens with two attached hydrogens (primary N) is 1. The lowest BCUT2D eigenvalue weighted by atomic mass is 10.1. The molecule has 3 N–H and O–H groups in total. The number of methoxy groups -OCH3 is 2. The van der Waals surface area contributed by atoms with Crippen molar-refractivity contribution >= 4 is 5.91 Å². The monoisotopic (exact) mass is 314 g/mol. The third-order valence-electron chi connectivity index (χ3n) is 3.63. The maximum Gasteiger partial charge on any atom is 0.239 e. The molecule has 5 heteroatoms. The highest BCUT2D eigenvalue weighted by atomic mass is 16.5. The smallest absolute Gasteiger partial charge is 0.239 e. The van der Waals surface area contributed by atoms with Gasteiger partial charge in [-0.2, -0.15) is 0 Å². The minimum absolute atomic E-state index is 0.386. The summed E-state index contributed by atoms with van der Waals surface area (Å²) in [5.74, 6) is 1.01. The summed E-state index contributed by atoms with van der Waals surface area (Å²) in [5.41, 5.74) is 7.45. The Bertz CT molecular complexity index is 644. The summed E-state index contributed by atoms with van der Waals surface area (Å²) in [6.07, 6.45) is 0.747. The molecule has 0 aromatic heterocycles. The first-order chi connectivity index (χ1) is 11.2. The van der Waals surface area contributed by atoms with Gasteiger partial charge in [0, 0.05) is 6.54 Å². The van der Waals surface area contributed by atoms with Gasteiger partial charge in [-0.3, -0.25) is 4.79 Å². The van der Waals surface area contributed by atoms with Crippen LogP contribution in [0, 0.1) is 0 Å². The van der Waals surface area contributed by atoms with Crippen LogP contribution in [0.15, 0.2) is 48.5 Å². The third-order valence-corrected chi connectivity index (χ3v) is 3.63. The molecule has 0 radical (unpaired) electrons. The Labute approximate surface area is 136 Å². The van der Waals surface area contributed by atoms with E-state index in [-0.39, 0.29) is 5.91 Å². The maximum absolute atomic E-state index is 11.6. The number of carbonyl (C=O) groups is 1. The maximum atomic E-state index is 11.6. The highest BCUT2D eigenvalue weighted by molar-refractivity contribution is 5.81. The zero-order chi connectivity index (χ0) is 16.7. The Morgan fingerprint density at radius 3 is 2.39 bits per heavy atom. The fourth-order valence-corrected chi connectivity index (χ4v) is 2.43. The SMILES string of the molecule is COc1ccc(CCNC(C(N)=O)c2ccccc2)cc1OC. The molecule has 0 aliphatic rings. The first-order valence-corrected chi connectivity index (χ1v) is 7.44. The van der Waals surface area contributed by atoms with Crippen LogP contribution in [0.1, 0.15) is 17.2 Å². The molecular weight excluding hydrogens is 292 g/mol. The summed E-state index contributed by atoms with van der Waals surface area (Å²) in [5, 5.41) is 3.20. The number of amides is 1. The van der Waals surface area contributed by atoms with Gasteiger partial charge in [0.2, 0.25) is 5.91 Å². The van der Waals surface area contributed by atoms with Crippen LogP contribution in [-0.4, -0.2) is 26.7 Å². The Morgan fingerprint density at radius 2 is 1.78 bits per heavy atom. The molecule has 0 fully saturated rings. The van der Waals surface area contributed by atoms with Gasteiger partial charge in [-0.1, -0.05) is 36.4 Å². The number of ether oxygens (including phenoxy) is 2. The van der Waals surface area contributed by atoms with E-state index in [9.17, 15) is 4.79 Å². The van der Waals surface area contributed by atoms with E-state index in [2.05, 4.69) is 5.32 Å². The average Bonchev–Trinajstić information content (AvgIpc) is 2.58. The molecule has 0 bridgehead atoms. The average molecular weight is 314 g/mol. The number of benzene rings is 2. The van der Waals surface area contributed by atoms with Gasteiger partial charge in [-0.05, 0) is 29.7 Å². The van der Waals surface area contributed by atoms with Crippen LogP contribution in [0.2, 0.25) is 0 Å². The van der Waals surface area contributed by atoms with Crippen molar-refractivity contribution < 1.29 is 14.3 Å². The van der Waals surface area contributed by atoms with Gasteiger partial charge in [0.1, 0.15) is 6.04 Å². The molecule has 0 heterocycles. The zero-order valence-electron chi connectivity index (χ0n) is 13.4. The molecule has 2 rings (SSSR count). The van der Waals surface area contributed by atoms with Gasteiger partial charge in [0.25, 0.3) is 0 Å². The molecule has 5 nitrogen and oxygen atoms in total. The Hall–Kier alpha value is -2.53. The minimum Gasteiger partial charge on any atom is -0.493 e. The fourth-order valence-electron chi connectivity index (χ4n) is 2.43. The molecule has 2 aromatic carbocycles. The molecule has 1 unspecified atom stereocenters. The number of hydrogen-bond acceptors (Lipinski definition) is 4. The van der Waals surface area contributed by atoms with Crippen molar-refractivity contribution in [3.05, 3.63) is 59.7 Å². The van der Waals surface area contributed by atoms with Crippen LogP contribution < -0.4 is 20.5 Å². The molecule has 0 saturated heterocycles. The Morgan fingerprint density at radius 1 is 1.09 bits per heavy atom. The van der Waals surface area contributed by atoms with E-state index in [1.165, 1.54) is 0 Å². The van der Waals surface area contributed by atoms with E-state index in [4.69, 9.17) is 15.2 Å². The van der Waals surface area contributed by atoms with E-state index in [0.29, 0.717) is 18.0 Å². The normalized spacial score (nSPS) is 11.7. The summed E-state index contributed by atoms with van der Waals surface area (Å²) in [6.45, 7) is 0.623. The van der Waals surface area contributed by atoms with E-state index in [1.807, 2.05) is 48.5 Å². The van der Waals surface area contributed by atoms with E-state index >= 15 is 0 Å². The van der Waals surface area contributed by atoms with Crippen LogP contribution in [0.3, 0.4) is 0 Å². The second-order valence-electron chi connectivity index (χ2n) is 5.14. The van der Waals surface area contributed by atoms with Gasteiger partial charge in [0.05, 0.1) is 14.2 Å². The van der Waals surface area contributed by atoms with Crippen LogP contribution in [0.4, 0.5) is 0 Å². The van der Waals surface area contributed by atoms with Crippen molar-refractivity contribution in [2.75, 3.05) is 20.8 Å². The van der Waals surface area contributed by atoms with E-state index in [1.54, 1.807) is 14.2 Å². The van der Waals surface area contributed by atoms with Gasteiger partial charge in [0.15, 0.2) is 11.5 Å². The molecular formula is C18H22N2O3. The number of primary amides is 1. The van der Waals surface area contributed by atoms with Gasteiger partial charge in [-0.25, -0.2) is 0 Å². The molecule has 0 spiro atoms. The number of rotatable bonds is 8. The lowest BCUT2D eigenvalue weighted by Gasteiger charge is -2.16. The van der Waals surface area contributed by atoms with Gasteiger partial charge in [-0.15, -0.1) is 0 Å². The highest BCUT2D eigenvalue weighted by Crippen LogP contribution is 2.27. The first kappa shape index (κ1) is 16.8. The van der Waals surface area contributed by atoms with Crippen molar-refractivity contribution in [2.24, 2.45) is 5.73 Å². The van der Waals surface area contributed by atoms with Crippen LogP contribution in [0.25, 0.3) is 0 Å². The predicted octanol–water partition coefficient (Wildman–Crippen LogP) is 2.06. The second kappa shape index (κ2) is 8.19. The van der Waals surface area contributed by atoms with E-state index < -0.39 is 6.04 Å². The second-order valence-corrected chi connectivity index (χ2v) is 5.14. The van der Waals surface area contributed by atoms with Crippen LogP contribution in [-0.2, 0) is 11.2 Å². The number of hydrogen-bond donors (Lipinski definition) is 2. The quantitative estimate of drug-likeness (QED) is 0.782. The standard InChI is InChI=1S/C18H22N2O3/c1-22-15-9-8-13(12-16(15)23-2)10-11-20-17(18(19)21)14-6-4-3-5-7-14/h3-9,12,17,20H,10-11H2,1-2H3,(H2,19,21). The summed E-state index contributed by atoms with van der Waals surface area (Å²) in [6, 6.07) is 14.8. The topological polar surface area (TPSA) is 73.6 Å². The number of nitrogens with one attached hydrogen (secondary N) is 1. The Balaban J connectivity index is 1.99. The third kappa shape index (κ3) is 4.47. The lowest BCUT2D eigenvalue weighted by Crippen LogP contribution is -2.34. The summed E-state index contributed by atoms with van der Waals surface area (Å²) in [7, 11) is 3.22. The Kier molecular flexibility index (Phi) is 6.00. The van der Waals surface area contributed by atoms with E-state index in [0.717, 1.165) is 17.5 Å². The summed E-state index contributed by atoms with van der Waals surface area (Å²) in [4.78, 5) is 11.6. The molecule has 0 aliphatic heterocycles. The molecule has 1 amide bonds. The lowest BCUT2D eigenvalue weighted by molar-refractivity contribution is -0.120. The van der Waals surface area contributed by atoms with Crippen LogP contribution >= 0.6 is 0 Å². The molecule has 0 aliphatic carbocycles. The molecule has 2 aromatic rings. The van der Waals surface area contributed by atoms with Crippen molar-refractivity contribution in [3.63, 3.8) is 0 Å². The van der Waals surface area contributed by atoms with Crippen molar-refractivity contribution in [1.29, 1.82) is 0 Å². The first-order valence-electron chi connectivity index (χ1n) is 7.44. The predicted molar refractivity (Wildman–Crippen MR) is 89.6 cm³/mol. The molecule has 23 heavy (non-hydrogen) atoms. The van der Waals surface area contributed by atoms with Gasteiger partial charge < -0.3 is 20.5 Å². The van der Waals surface area contributed by atoms with Gasteiger partial charge >= 0.3 is 0 Å². The van der Waals surface area contributed by atoms with Crippen molar-refractivity contribution in [1.82, 2.24) is 5.32 Å². The molecule has 1 atom stereocenters. The zero-order valence-corrected chi connectivity index (χ0v) is 13.4. The highest BCUT2D eigenvalue weighted by Gasteiger charge is 2.16. The molecule has 122 valence electrons. The minimum atomic E-state index is -0.489. The van der Waals surface area contributed by atoms with Crippen molar-refractivity contribution in [3.8, 4) is 11.5 Å². The van der Waals surface area contributed by atoms with Crippen LogP contribution in [0.5, 0.6) is 11.5 Å². The number of carbonyl (C=O) groups excluding carboxylic acids is 1. The summed E-state index contributed by atoms with van der Waals surface area (Å²) >= 11 is 0. The molecule has 0 saturated carbocycles. The fraction of sp³-hybridized carbons (Fsp3) is 0.278. The summed E-state index contributed by atoms with van der Waals surface area (Å²) < 4.78 is 10.5. The van der Waals surface area contributed by atoms with Crippen molar-refractivity contribution in [2.45, 2.75) is 12.5 Å².